The number of halogens is 1. The fourth-order valence-corrected chi connectivity index (χ4v) is 2.60. The molecule has 2 atom stereocenters. The van der Waals surface area contributed by atoms with Gasteiger partial charge >= 0.3 is 0 Å². The van der Waals surface area contributed by atoms with Crippen molar-refractivity contribution >= 4 is 35.8 Å². The van der Waals surface area contributed by atoms with E-state index in [1.165, 1.54) is 0 Å². The maximum atomic E-state index is 5.84. The average Bonchev–Trinajstić information content (AvgIpc) is 2.50. The number of nitrogens with one attached hydrogen (secondary N) is 1. The second-order valence-electron chi connectivity index (χ2n) is 6.66. The third kappa shape index (κ3) is 6.80. The van der Waals surface area contributed by atoms with Crippen LogP contribution in [0, 0.1) is 5.92 Å². The van der Waals surface area contributed by atoms with Crippen LogP contribution in [0.25, 0.3) is 0 Å². The highest BCUT2D eigenvalue weighted by molar-refractivity contribution is 14.0. The summed E-state index contributed by atoms with van der Waals surface area (Å²) in [5, 5.41) is 3.11. The summed E-state index contributed by atoms with van der Waals surface area (Å²) in [5.41, 5.74) is 6.90. The van der Waals surface area contributed by atoms with Crippen molar-refractivity contribution in [3.8, 4) is 0 Å². The zero-order valence-electron chi connectivity index (χ0n) is 15.0. The van der Waals surface area contributed by atoms with Crippen molar-refractivity contribution in [2.45, 2.75) is 46.4 Å². The van der Waals surface area contributed by atoms with Crippen LogP contribution in [-0.4, -0.2) is 42.8 Å². The molecule has 2 rings (SSSR count). The van der Waals surface area contributed by atoms with E-state index in [9.17, 15) is 0 Å². The minimum Gasteiger partial charge on any atom is -0.372 e. The molecule has 0 aliphatic carbocycles. The molecule has 2 heterocycles. The minimum absolute atomic E-state index is 0. The van der Waals surface area contributed by atoms with Gasteiger partial charge in [0, 0.05) is 25.8 Å². The summed E-state index contributed by atoms with van der Waals surface area (Å²) >= 11 is 0. The molecule has 6 nitrogen and oxygen atoms in total. The summed E-state index contributed by atoms with van der Waals surface area (Å²) < 4.78 is 5.76. The van der Waals surface area contributed by atoms with Crippen molar-refractivity contribution in [2.75, 3.05) is 24.5 Å². The minimum atomic E-state index is 0. The first-order chi connectivity index (χ1) is 10.9. The Balaban J connectivity index is 0.00000288. The maximum Gasteiger partial charge on any atom is 0.188 e. The summed E-state index contributed by atoms with van der Waals surface area (Å²) in [6, 6.07) is 4.11. The van der Waals surface area contributed by atoms with E-state index in [4.69, 9.17) is 10.5 Å². The highest BCUT2D eigenvalue weighted by Gasteiger charge is 2.22. The monoisotopic (exact) mass is 447 g/mol. The third-order valence-electron chi connectivity index (χ3n) is 3.68. The maximum absolute atomic E-state index is 5.84. The van der Waals surface area contributed by atoms with Crippen molar-refractivity contribution in [1.82, 2.24) is 10.3 Å². The lowest BCUT2D eigenvalue weighted by molar-refractivity contribution is -0.00545. The van der Waals surface area contributed by atoms with E-state index >= 15 is 0 Å². The van der Waals surface area contributed by atoms with Crippen LogP contribution < -0.4 is 16.0 Å². The quantitative estimate of drug-likeness (QED) is 0.412. The molecule has 0 radical (unpaired) electrons. The van der Waals surface area contributed by atoms with E-state index in [1.807, 2.05) is 12.3 Å². The molecule has 1 aromatic heterocycles. The standard InChI is InChI=1S/C17H29N5O.HI/c1-12(2)7-20-17(18)21-9-15-5-6-16(19-8-15)22-10-13(3)23-14(4)11-22;/h5-6,8,12-14H,7,9-11H2,1-4H3,(H3,18,20,21);1H. The van der Waals surface area contributed by atoms with Crippen LogP contribution in [0.5, 0.6) is 0 Å². The number of guanidine groups is 1. The summed E-state index contributed by atoms with van der Waals surface area (Å²) in [7, 11) is 0. The third-order valence-corrected chi connectivity index (χ3v) is 3.68. The van der Waals surface area contributed by atoms with Gasteiger partial charge in [0.1, 0.15) is 5.82 Å². The zero-order chi connectivity index (χ0) is 16.8. The first-order valence-electron chi connectivity index (χ1n) is 8.33. The Kier molecular flexibility index (Phi) is 8.75. The smallest absolute Gasteiger partial charge is 0.188 e. The van der Waals surface area contributed by atoms with E-state index < -0.39 is 0 Å². The van der Waals surface area contributed by atoms with Crippen LogP contribution in [0.4, 0.5) is 5.82 Å². The summed E-state index contributed by atoms with van der Waals surface area (Å²) in [5.74, 6) is 2.02. The van der Waals surface area contributed by atoms with Crippen molar-refractivity contribution in [3.05, 3.63) is 23.9 Å². The number of ether oxygens (including phenoxy) is 1. The van der Waals surface area contributed by atoms with Gasteiger partial charge in [-0.2, -0.15) is 0 Å². The van der Waals surface area contributed by atoms with Crippen molar-refractivity contribution in [2.24, 2.45) is 16.6 Å². The Morgan fingerprint density at radius 3 is 2.58 bits per heavy atom. The second-order valence-corrected chi connectivity index (χ2v) is 6.66. The van der Waals surface area contributed by atoms with Crippen LogP contribution in [0.3, 0.4) is 0 Å². The number of nitrogens with two attached hydrogens (primary N) is 1. The highest BCUT2D eigenvalue weighted by Crippen LogP contribution is 2.18. The SMILES string of the molecule is CC(C)CNC(N)=NCc1ccc(N2CC(C)OC(C)C2)nc1.I. The molecule has 136 valence electrons. The number of aromatic nitrogens is 1. The van der Waals surface area contributed by atoms with E-state index in [0.717, 1.165) is 31.0 Å². The molecule has 1 saturated heterocycles. The van der Waals surface area contributed by atoms with Gasteiger partial charge < -0.3 is 20.7 Å². The topological polar surface area (TPSA) is 75.8 Å². The average molecular weight is 447 g/mol. The number of hydrogen-bond donors (Lipinski definition) is 2. The lowest BCUT2D eigenvalue weighted by atomic mass is 10.2. The number of morpholine rings is 1. The number of aliphatic imine (C=N–C) groups is 1. The Labute approximate surface area is 162 Å². The zero-order valence-corrected chi connectivity index (χ0v) is 17.4. The predicted molar refractivity (Wildman–Crippen MR) is 110 cm³/mol. The largest absolute Gasteiger partial charge is 0.372 e. The molecule has 1 aliphatic rings. The van der Waals surface area contributed by atoms with Crippen LogP contribution in [0.1, 0.15) is 33.3 Å². The molecule has 0 amide bonds. The number of anilines is 1. The van der Waals surface area contributed by atoms with E-state index in [2.05, 4.69) is 54.0 Å². The summed E-state index contributed by atoms with van der Waals surface area (Å²) in [4.78, 5) is 11.2. The molecular weight excluding hydrogens is 417 g/mol. The Morgan fingerprint density at radius 2 is 2.04 bits per heavy atom. The van der Waals surface area contributed by atoms with Crippen LogP contribution in [0.15, 0.2) is 23.3 Å². The van der Waals surface area contributed by atoms with Crippen LogP contribution >= 0.6 is 24.0 Å². The van der Waals surface area contributed by atoms with Crippen LogP contribution in [-0.2, 0) is 11.3 Å². The summed E-state index contributed by atoms with van der Waals surface area (Å²) in [6.45, 7) is 11.6. The number of rotatable bonds is 5. The first kappa shape index (κ1) is 21.0. The predicted octanol–water partition coefficient (Wildman–Crippen LogP) is 2.37. The molecule has 2 unspecified atom stereocenters. The Bertz CT molecular complexity index is 510. The molecule has 1 aliphatic heterocycles. The molecule has 0 bridgehead atoms. The lowest BCUT2D eigenvalue weighted by Crippen LogP contribution is -2.45. The van der Waals surface area contributed by atoms with Crippen molar-refractivity contribution < 1.29 is 4.74 Å². The molecule has 3 N–H and O–H groups in total. The number of nitrogens with zero attached hydrogens (tertiary/aromatic N) is 3. The molecule has 24 heavy (non-hydrogen) atoms. The molecular formula is C17H30IN5O. The van der Waals surface area contributed by atoms with Gasteiger partial charge in [-0.3, -0.25) is 0 Å². The van der Waals surface area contributed by atoms with Crippen LogP contribution in [0.2, 0.25) is 0 Å². The van der Waals surface area contributed by atoms with Gasteiger partial charge in [-0.05, 0) is 31.4 Å². The van der Waals surface area contributed by atoms with Crippen molar-refractivity contribution in [3.63, 3.8) is 0 Å². The summed E-state index contributed by atoms with van der Waals surface area (Å²) in [6.07, 6.45) is 2.34. The van der Waals surface area contributed by atoms with Crippen molar-refractivity contribution in [1.29, 1.82) is 0 Å². The van der Waals surface area contributed by atoms with Gasteiger partial charge in [0.05, 0.1) is 18.8 Å². The molecule has 0 saturated carbocycles. The fourth-order valence-electron chi connectivity index (χ4n) is 2.60. The molecule has 7 heteroatoms. The van der Waals surface area contributed by atoms with E-state index in [-0.39, 0.29) is 36.2 Å². The lowest BCUT2D eigenvalue weighted by Gasteiger charge is -2.36. The normalized spacial score (nSPS) is 21.5. The Hall–Kier alpha value is -1.09. The number of hydrogen-bond acceptors (Lipinski definition) is 4. The highest BCUT2D eigenvalue weighted by atomic mass is 127. The van der Waals surface area contributed by atoms with Gasteiger partial charge in [0.25, 0.3) is 0 Å². The molecule has 1 aromatic rings. The fraction of sp³-hybridized carbons (Fsp3) is 0.647. The van der Waals surface area contributed by atoms with E-state index in [1.54, 1.807) is 0 Å². The molecule has 0 aromatic carbocycles. The van der Waals surface area contributed by atoms with Gasteiger partial charge in [0.15, 0.2) is 5.96 Å². The van der Waals surface area contributed by atoms with Gasteiger partial charge in [-0.15, -0.1) is 24.0 Å². The second kappa shape index (κ2) is 10.0. The number of pyridine rings is 1. The first-order valence-corrected chi connectivity index (χ1v) is 8.33. The molecule has 0 spiro atoms. The van der Waals surface area contributed by atoms with E-state index in [0.29, 0.717) is 18.4 Å². The molecule has 1 fully saturated rings. The van der Waals surface area contributed by atoms with Gasteiger partial charge in [0.2, 0.25) is 0 Å². The van der Waals surface area contributed by atoms with Gasteiger partial charge in [-0.25, -0.2) is 9.98 Å². The van der Waals surface area contributed by atoms with Gasteiger partial charge in [-0.1, -0.05) is 19.9 Å². The Morgan fingerprint density at radius 1 is 1.38 bits per heavy atom.